The van der Waals surface area contributed by atoms with Crippen molar-refractivity contribution in [1.29, 1.82) is 0 Å². The monoisotopic (exact) mass is 237 g/mol. The summed E-state index contributed by atoms with van der Waals surface area (Å²) in [6.07, 6.45) is 0. The maximum absolute atomic E-state index is 11.1. The molecule has 1 N–H and O–H groups in total. The number of pyridine rings is 1. The average Bonchev–Trinajstić information content (AvgIpc) is 2.06. The maximum atomic E-state index is 11.1. The lowest BCUT2D eigenvalue weighted by Gasteiger charge is -2.01. The van der Waals surface area contributed by atoms with Crippen molar-refractivity contribution in [2.45, 2.75) is 6.92 Å². The molecule has 66 valence electrons. The van der Waals surface area contributed by atoms with Crippen LogP contribution < -0.4 is 5.56 Å². The molecule has 2 rings (SSSR count). The van der Waals surface area contributed by atoms with Gasteiger partial charge in [-0.05, 0) is 36.1 Å². The number of benzene rings is 1. The fourth-order valence-corrected chi connectivity index (χ4v) is 1.99. The molecule has 0 spiro atoms. The number of nitrogens with one attached hydrogen (secondary N) is 1. The second-order valence-corrected chi connectivity index (χ2v) is 3.93. The van der Waals surface area contributed by atoms with E-state index in [1.165, 1.54) is 6.07 Å². The Balaban J connectivity index is 2.95. The molecule has 0 saturated carbocycles. The number of aromatic nitrogens is 1. The van der Waals surface area contributed by atoms with Crippen LogP contribution in [-0.2, 0) is 0 Å². The summed E-state index contributed by atoms with van der Waals surface area (Å²) in [5, 5.41) is 1.05. The van der Waals surface area contributed by atoms with Crippen molar-refractivity contribution in [3.63, 3.8) is 0 Å². The van der Waals surface area contributed by atoms with Gasteiger partial charge in [-0.15, -0.1) is 0 Å². The second kappa shape index (κ2) is 3.00. The second-order valence-electron chi connectivity index (χ2n) is 3.01. The third-order valence-electron chi connectivity index (χ3n) is 1.99. The van der Waals surface area contributed by atoms with Crippen LogP contribution in [0.3, 0.4) is 0 Å². The Morgan fingerprint density at radius 2 is 2.08 bits per heavy atom. The first kappa shape index (κ1) is 8.51. The minimum Gasteiger partial charge on any atom is -0.322 e. The molecule has 1 aromatic carbocycles. The summed E-state index contributed by atoms with van der Waals surface area (Å²) < 4.78 is 1.03. The van der Waals surface area contributed by atoms with Crippen molar-refractivity contribution in [2.75, 3.05) is 0 Å². The van der Waals surface area contributed by atoms with Crippen molar-refractivity contribution < 1.29 is 0 Å². The molecule has 0 bridgehead atoms. The smallest absolute Gasteiger partial charge is 0.248 e. The van der Waals surface area contributed by atoms with E-state index in [2.05, 4.69) is 20.9 Å². The van der Waals surface area contributed by atoms with Gasteiger partial charge in [-0.2, -0.15) is 0 Å². The minimum atomic E-state index is -0.0575. The van der Waals surface area contributed by atoms with E-state index in [9.17, 15) is 4.79 Å². The summed E-state index contributed by atoms with van der Waals surface area (Å²) in [6, 6.07) is 7.33. The van der Waals surface area contributed by atoms with Gasteiger partial charge in [0.1, 0.15) is 0 Å². The fraction of sp³-hybridized carbons (Fsp3) is 0.100. The highest BCUT2D eigenvalue weighted by molar-refractivity contribution is 9.10. The molecular formula is C10H8BrNO. The summed E-state index contributed by atoms with van der Waals surface area (Å²) in [7, 11) is 0. The number of aromatic amines is 1. The molecular weight excluding hydrogens is 230 g/mol. The highest BCUT2D eigenvalue weighted by atomic mass is 79.9. The van der Waals surface area contributed by atoms with Gasteiger partial charge in [0, 0.05) is 10.5 Å². The Bertz CT molecular complexity index is 516. The molecule has 0 fully saturated rings. The third kappa shape index (κ3) is 1.52. The van der Waals surface area contributed by atoms with Crippen LogP contribution in [0.4, 0.5) is 0 Å². The van der Waals surface area contributed by atoms with Crippen LogP contribution in [-0.4, -0.2) is 4.98 Å². The van der Waals surface area contributed by atoms with Gasteiger partial charge >= 0.3 is 0 Å². The van der Waals surface area contributed by atoms with Crippen molar-refractivity contribution in [1.82, 2.24) is 4.98 Å². The van der Waals surface area contributed by atoms with Crippen LogP contribution in [0.2, 0.25) is 0 Å². The van der Waals surface area contributed by atoms with Gasteiger partial charge in [-0.25, -0.2) is 0 Å². The number of rotatable bonds is 0. The number of hydrogen-bond acceptors (Lipinski definition) is 1. The molecule has 0 radical (unpaired) electrons. The van der Waals surface area contributed by atoms with Gasteiger partial charge < -0.3 is 4.98 Å². The van der Waals surface area contributed by atoms with Crippen molar-refractivity contribution in [3.8, 4) is 0 Å². The molecule has 0 saturated heterocycles. The van der Waals surface area contributed by atoms with Gasteiger partial charge in [-0.1, -0.05) is 15.9 Å². The number of aryl methyl sites for hydroxylation is 1. The Morgan fingerprint density at radius 3 is 2.85 bits per heavy atom. The molecule has 0 aliphatic rings. The number of halogens is 1. The van der Waals surface area contributed by atoms with E-state index in [-0.39, 0.29) is 5.56 Å². The third-order valence-corrected chi connectivity index (χ3v) is 2.45. The summed E-state index contributed by atoms with van der Waals surface area (Å²) in [6.45, 7) is 1.98. The van der Waals surface area contributed by atoms with Crippen molar-refractivity contribution >= 4 is 26.8 Å². The fourth-order valence-electron chi connectivity index (χ4n) is 1.40. The van der Waals surface area contributed by atoms with Crippen LogP contribution in [0.15, 0.2) is 33.5 Å². The van der Waals surface area contributed by atoms with Gasteiger partial charge in [-0.3, -0.25) is 4.79 Å². The molecule has 0 unspecified atom stereocenters. The van der Waals surface area contributed by atoms with E-state index in [0.29, 0.717) is 0 Å². The largest absolute Gasteiger partial charge is 0.322 e. The molecule has 1 aromatic heterocycles. The van der Waals surface area contributed by atoms with Gasteiger partial charge in [0.15, 0.2) is 0 Å². The Hall–Kier alpha value is -1.09. The van der Waals surface area contributed by atoms with Crippen LogP contribution in [0.25, 0.3) is 10.9 Å². The lowest BCUT2D eigenvalue weighted by molar-refractivity contribution is 1.28. The molecule has 0 aliphatic carbocycles. The number of fused-ring (bicyclic) bond motifs is 1. The van der Waals surface area contributed by atoms with E-state index in [1.54, 1.807) is 0 Å². The van der Waals surface area contributed by atoms with Gasteiger partial charge in [0.05, 0.1) is 5.52 Å². The van der Waals surface area contributed by atoms with Crippen LogP contribution in [0.1, 0.15) is 5.56 Å². The average molecular weight is 238 g/mol. The summed E-state index contributed by atoms with van der Waals surface area (Å²) in [4.78, 5) is 13.9. The van der Waals surface area contributed by atoms with E-state index in [4.69, 9.17) is 0 Å². The van der Waals surface area contributed by atoms with E-state index in [1.807, 2.05) is 25.1 Å². The van der Waals surface area contributed by atoms with E-state index >= 15 is 0 Å². The van der Waals surface area contributed by atoms with Crippen LogP contribution >= 0.6 is 15.9 Å². The molecule has 0 aliphatic heterocycles. The van der Waals surface area contributed by atoms with Crippen LogP contribution in [0, 0.1) is 6.92 Å². The highest BCUT2D eigenvalue weighted by Gasteiger charge is 1.99. The standard InChI is InChI=1S/C10H8BrNO/c1-6-4-8(11)5-7-2-3-9(13)12-10(6)7/h2-5H,1H3,(H,12,13). The Morgan fingerprint density at radius 1 is 1.31 bits per heavy atom. The minimum absolute atomic E-state index is 0.0575. The first-order valence-corrected chi connectivity index (χ1v) is 4.75. The van der Waals surface area contributed by atoms with Gasteiger partial charge in [0.2, 0.25) is 5.56 Å². The predicted molar refractivity (Wildman–Crippen MR) is 57.0 cm³/mol. The highest BCUT2D eigenvalue weighted by Crippen LogP contribution is 2.20. The molecule has 0 amide bonds. The maximum Gasteiger partial charge on any atom is 0.248 e. The zero-order valence-electron chi connectivity index (χ0n) is 7.10. The van der Waals surface area contributed by atoms with Crippen LogP contribution in [0.5, 0.6) is 0 Å². The molecule has 2 aromatic rings. The first-order valence-electron chi connectivity index (χ1n) is 3.96. The zero-order chi connectivity index (χ0) is 9.42. The summed E-state index contributed by atoms with van der Waals surface area (Å²) in [5.74, 6) is 0. The SMILES string of the molecule is Cc1cc(Br)cc2ccc(=O)[nH]c12. The topological polar surface area (TPSA) is 32.9 Å². The van der Waals surface area contributed by atoms with E-state index < -0.39 is 0 Å². The zero-order valence-corrected chi connectivity index (χ0v) is 8.68. The normalized spacial score (nSPS) is 10.6. The molecule has 2 nitrogen and oxygen atoms in total. The molecule has 0 atom stereocenters. The Labute approximate surface area is 83.7 Å². The first-order chi connectivity index (χ1) is 6.16. The Kier molecular flexibility index (Phi) is 1.96. The molecule has 1 heterocycles. The quantitative estimate of drug-likeness (QED) is 0.751. The van der Waals surface area contributed by atoms with Gasteiger partial charge in [0.25, 0.3) is 0 Å². The lowest BCUT2D eigenvalue weighted by atomic mass is 10.1. The summed E-state index contributed by atoms with van der Waals surface area (Å²) >= 11 is 3.41. The molecule has 3 heteroatoms. The molecule has 13 heavy (non-hydrogen) atoms. The summed E-state index contributed by atoms with van der Waals surface area (Å²) in [5.41, 5.74) is 1.93. The van der Waals surface area contributed by atoms with E-state index in [0.717, 1.165) is 20.9 Å². The number of H-pyrrole nitrogens is 1. The number of hydrogen-bond donors (Lipinski definition) is 1. The predicted octanol–water partition coefficient (Wildman–Crippen LogP) is 2.60. The van der Waals surface area contributed by atoms with Crippen molar-refractivity contribution in [2.24, 2.45) is 0 Å². The lowest BCUT2D eigenvalue weighted by Crippen LogP contribution is -2.03. The van der Waals surface area contributed by atoms with Crippen molar-refractivity contribution in [3.05, 3.63) is 44.7 Å².